The summed E-state index contributed by atoms with van der Waals surface area (Å²) in [6, 6.07) is 0. The lowest BCUT2D eigenvalue weighted by atomic mass is 9.46. The number of hydrogen-bond donors (Lipinski definition) is 0. The lowest BCUT2D eigenvalue weighted by Gasteiger charge is -2.55. The maximum absolute atomic E-state index is 13.0. The Morgan fingerprint density at radius 2 is 2.07 bits per heavy atom. The van der Waals surface area contributed by atoms with E-state index in [1.807, 2.05) is 0 Å². The number of hydrogen-bond acceptors (Lipinski definition) is 4. The summed E-state index contributed by atoms with van der Waals surface area (Å²) in [7, 11) is 0. The first kappa shape index (κ1) is 18.0. The van der Waals surface area contributed by atoms with Gasteiger partial charge in [0.2, 0.25) is 0 Å². The second kappa shape index (κ2) is 6.47. The number of rotatable bonds is 4. The molecule has 0 radical (unpaired) electrons. The first-order valence-corrected chi connectivity index (χ1v) is 10.9. The molecule has 2 bridgehead atoms. The van der Waals surface area contributed by atoms with E-state index in [-0.39, 0.29) is 24.0 Å². The van der Waals surface area contributed by atoms with Gasteiger partial charge in [-0.2, -0.15) is 0 Å². The van der Waals surface area contributed by atoms with Crippen molar-refractivity contribution in [2.24, 2.45) is 23.2 Å². The molecule has 0 N–H and O–H groups in total. The standard InChI is InChI=1S/C24H28O4/c1-3-5-7-18-16-10-9-15-14-11-12-24(21(15)20(16)23(26)27-18)17(13-14)22(25)28-19(24)8-6-4-2/h6-8,13-15,19,21H,3-5,9-12H2,1-2H3/b8-6+,18-7-/t14-,15?,19?,21?,24?/m0/s1. The van der Waals surface area contributed by atoms with Crippen LogP contribution in [0, 0.1) is 23.2 Å². The van der Waals surface area contributed by atoms with E-state index in [1.165, 1.54) is 0 Å². The molecule has 0 aromatic heterocycles. The van der Waals surface area contributed by atoms with Gasteiger partial charge in [0, 0.05) is 22.6 Å². The van der Waals surface area contributed by atoms with Gasteiger partial charge in [-0.1, -0.05) is 32.4 Å². The van der Waals surface area contributed by atoms with Gasteiger partial charge in [-0.25, -0.2) is 9.59 Å². The summed E-state index contributed by atoms with van der Waals surface area (Å²) < 4.78 is 11.6. The molecule has 4 unspecified atom stereocenters. The SMILES string of the molecule is CC/C=C/C1OC(=O)C2=C[C@@H]3CCC21C1C2=C(CCC13)/C(=C/CCC)OC2=O. The Labute approximate surface area is 166 Å². The minimum absolute atomic E-state index is 0.0352. The number of fused-ring (bicyclic) bond motifs is 1. The van der Waals surface area contributed by atoms with Crippen molar-refractivity contribution < 1.29 is 19.1 Å². The average Bonchev–Trinajstić information content (AvgIpc) is 3.19. The van der Waals surface area contributed by atoms with E-state index in [2.05, 4.69) is 38.2 Å². The van der Waals surface area contributed by atoms with Gasteiger partial charge in [0.1, 0.15) is 11.9 Å². The van der Waals surface area contributed by atoms with Crippen LogP contribution in [0.15, 0.2) is 46.8 Å². The largest absolute Gasteiger partial charge is 0.454 e. The highest BCUT2D eigenvalue weighted by atomic mass is 16.6. The normalized spacial score (nSPS) is 39.8. The Morgan fingerprint density at radius 1 is 1.21 bits per heavy atom. The molecule has 6 rings (SSSR count). The van der Waals surface area contributed by atoms with Gasteiger partial charge in [-0.05, 0) is 62.5 Å². The van der Waals surface area contributed by atoms with E-state index in [0.717, 1.165) is 67.4 Å². The monoisotopic (exact) mass is 380 g/mol. The summed E-state index contributed by atoms with van der Waals surface area (Å²) in [6.45, 7) is 4.21. The third-order valence-corrected chi connectivity index (χ3v) is 7.52. The second-order valence-corrected chi connectivity index (χ2v) is 8.80. The van der Waals surface area contributed by atoms with Crippen molar-refractivity contribution in [3.63, 3.8) is 0 Å². The Bertz CT molecular complexity index is 858. The maximum atomic E-state index is 13.0. The topological polar surface area (TPSA) is 52.6 Å². The van der Waals surface area contributed by atoms with Crippen LogP contribution in [0.2, 0.25) is 0 Å². The summed E-state index contributed by atoms with van der Waals surface area (Å²) in [5.74, 6) is 1.21. The molecule has 1 saturated carbocycles. The predicted molar refractivity (Wildman–Crippen MR) is 105 cm³/mol. The average molecular weight is 380 g/mol. The molecular formula is C24H28O4. The molecule has 0 aromatic carbocycles. The highest BCUT2D eigenvalue weighted by Crippen LogP contribution is 2.67. The first-order valence-electron chi connectivity index (χ1n) is 10.9. The molecule has 0 amide bonds. The van der Waals surface area contributed by atoms with Crippen LogP contribution in [-0.2, 0) is 19.1 Å². The van der Waals surface area contributed by atoms with Crippen molar-refractivity contribution in [3.05, 3.63) is 46.8 Å². The van der Waals surface area contributed by atoms with Gasteiger partial charge < -0.3 is 9.47 Å². The van der Waals surface area contributed by atoms with Crippen molar-refractivity contribution in [2.45, 2.75) is 64.9 Å². The Hall–Kier alpha value is -2.10. The smallest absolute Gasteiger partial charge is 0.340 e. The summed E-state index contributed by atoms with van der Waals surface area (Å²) in [5, 5.41) is 0. The van der Waals surface area contributed by atoms with E-state index in [4.69, 9.17) is 9.47 Å². The zero-order valence-corrected chi connectivity index (χ0v) is 16.7. The number of cyclic esters (lactones) is 2. The van der Waals surface area contributed by atoms with Crippen LogP contribution >= 0.6 is 0 Å². The summed E-state index contributed by atoms with van der Waals surface area (Å²) in [4.78, 5) is 25.8. The quantitative estimate of drug-likeness (QED) is 0.520. The minimum Gasteiger partial charge on any atom is -0.454 e. The Balaban J connectivity index is 1.66. The van der Waals surface area contributed by atoms with Crippen molar-refractivity contribution in [2.75, 3.05) is 0 Å². The Morgan fingerprint density at radius 3 is 2.86 bits per heavy atom. The van der Waals surface area contributed by atoms with Crippen molar-refractivity contribution in [3.8, 4) is 0 Å². The Kier molecular flexibility index (Phi) is 4.15. The predicted octanol–water partition coefficient (Wildman–Crippen LogP) is 4.78. The van der Waals surface area contributed by atoms with Gasteiger partial charge in [0.15, 0.2) is 0 Å². The number of carbonyl (C=O) groups is 2. The fourth-order valence-corrected chi connectivity index (χ4v) is 6.42. The van der Waals surface area contributed by atoms with Crippen LogP contribution in [0.4, 0.5) is 0 Å². The van der Waals surface area contributed by atoms with Gasteiger partial charge in [-0.3, -0.25) is 0 Å². The fraction of sp³-hybridized carbons (Fsp3) is 0.583. The number of unbranched alkanes of at least 4 members (excludes halogenated alkanes) is 1. The lowest BCUT2D eigenvalue weighted by molar-refractivity contribution is -0.138. The van der Waals surface area contributed by atoms with Gasteiger partial charge in [0.05, 0.1) is 5.41 Å². The fourth-order valence-electron chi connectivity index (χ4n) is 6.42. The first-order chi connectivity index (χ1) is 13.6. The molecule has 148 valence electrons. The van der Waals surface area contributed by atoms with E-state index in [9.17, 15) is 9.59 Å². The zero-order chi connectivity index (χ0) is 19.5. The van der Waals surface area contributed by atoms with Crippen molar-refractivity contribution in [1.82, 2.24) is 0 Å². The number of ether oxygens (including phenoxy) is 2. The van der Waals surface area contributed by atoms with E-state index in [0.29, 0.717) is 11.8 Å². The molecule has 4 heteroatoms. The third-order valence-electron chi connectivity index (χ3n) is 7.52. The van der Waals surface area contributed by atoms with Crippen LogP contribution in [0.25, 0.3) is 0 Å². The van der Waals surface area contributed by atoms with E-state index >= 15 is 0 Å². The van der Waals surface area contributed by atoms with E-state index < -0.39 is 5.41 Å². The molecule has 28 heavy (non-hydrogen) atoms. The molecular weight excluding hydrogens is 352 g/mol. The van der Waals surface area contributed by atoms with Gasteiger partial charge >= 0.3 is 11.9 Å². The highest BCUT2D eigenvalue weighted by molar-refractivity contribution is 5.98. The summed E-state index contributed by atoms with van der Waals surface area (Å²) >= 11 is 0. The molecule has 2 fully saturated rings. The third kappa shape index (κ3) is 2.23. The number of esters is 2. The van der Waals surface area contributed by atoms with Crippen molar-refractivity contribution in [1.29, 1.82) is 0 Å². The second-order valence-electron chi connectivity index (χ2n) is 8.80. The molecule has 5 atom stereocenters. The van der Waals surface area contributed by atoms with Crippen LogP contribution in [0.3, 0.4) is 0 Å². The lowest BCUT2D eigenvalue weighted by Crippen LogP contribution is -2.53. The molecule has 2 heterocycles. The summed E-state index contributed by atoms with van der Waals surface area (Å²) in [5.41, 5.74) is 2.37. The van der Waals surface area contributed by atoms with Crippen LogP contribution in [-0.4, -0.2) is 18.0 Å². The van der Waals surface area contributed by atoms with E-state index in [1.54, 1.807) is 0 Å². The van der Waals surface area contributed by atoms with Crippen molar-refractivity contribution >= 4 is 11.9 Å². The van der Waals surface area contributed by atoms with Crippen LogP contribution < -0.4 is 0 Å². The molecule has 1 saturated heterocycles. The van der Waals surface area contributed by atoms with Crippen LogP contribution in [0.1, 0.15) is 58.8 Å². The molecule has 4 aliphatic carbocycles. The van der Waals surface area contributed by atoms with Crippen LogP contribution in [0.5, 0.6) is 0 Å². The molecule has 0 aromatic rings. The molecule has 6 aliphatic rings. The van der Waals surface area contributed by atoms with Gasteiger partial charge in [0.25, 0.3) is 0 Å². The maximum Gasteiger partial charge on any atom is 0.340 e. The molecule has 4 nitrogen and oxygen atoms in total. The van der Waals surface area contributed by atoms with Gasteiger partial charge in [-0.15, -0.1) is 0 Å². The highest BCUT2D eigenvalue weighted by Gasteiger charge is 2.67. The number of allylic oxidation sites excluding steroid dienone is 4. The summed E-state index contributed by atoms with van der Waals surface area (Å²) in [6.07, 6.45) is 14.9. The molecule has 1 spiro atoms. The number of carbonyl (C=O) groups excluding carboxylic acids is 2. The minimum atomic E-state index is -0.400. The molecule has 2 aliphatic heterocycles. The zero-order valence-electron chi connectivity index (χ0n) is 16.7.